The fourth-order valence-electron chi connectivity index (χ4n) is 1.47. The molecule has 0 atom stereocenters. The van der Waals surface area contributed by atoms with Gasteiger partial charge in [0.1, 0.15) is 15.7 Å². The molecule has 1 aliphatic heterocycles. The summed E-state index contributed by atoms with van der Waals surface area (Å²) in [5.74, 6) is -0.536. The molecule has 1 aliphatic rings. The van der Waals surface area contributed by atoms with Crippen LogP contribution in [0.4, 0.5) is 0 Å². The van der Waals surface area contributed by atoms with Crippen LogP contribution in [0.3, 0.4) is 0 Å². The van der Waals surface area contributed by atoms with Crippen molar-refractivity contribution in [2.45, 2.75) is 26.2 Å². The number of nitrogens with one attached hydrogen (secondary N) is 2. The average molecular weight is 267 g/mol. The van der Waals surface area contributed by atoms with Gasteiger partial charge in [0.15, 0.2) is 0 Å². The lowest BCUT2D eigenvalue weighted by atomic mass is 10.2. The minimum Gasteiger partial charge on any atom is -0.351 e. The minimum atomic E-state index is -0.290. The van der Waals surface area contributed by atoms with Crippen LogP contribution in [0.25, 0.3) is 0 Å². The first kappa shape index (κ1) is 12.6. The van der Waals surface area contributed by atoms with Crippen LogP contribution < -0.4 is 10.7 Å². The summed E-state index contributed by atoms with van der Waals surface area (Å²) >= 11 is 1.56. The minimum absolute atomic E-state index is 0.0570. The van der Waals surface area contributed by atoms with Gasteiger partial charge in [0.2, 0.25) is 5.91 Å². The standard InChI is InChI=1S/C10H13N5O2S/c1-6-12-15-9(18-6)3-2-4-11-10(17)7-5-8(16)14-13-7/h2-5H2,1H3,(H,11,17)(H,14,16). The van der Waals surface area contributed by atoms with E-state index in [1.165, 1.54) is 0 Å². The molecule has 1 aromatic rings. The molecular weight excluding hydrogens is 254 g/mol. The van der Waals surface area contributed by atoms with E-state index >= 15 is 0 Å². The molecule has 0 saturated heterocycles. The van der Waals surface area contributed by atoms with Gasteiger partial charge >= 0.3 is 0 Å². The Labute approximate surface area is 108 Å². The largest absolute Gasteiger partial charge is 0.351 e. The smallest absolute Gasteiger partial charge is 0.268 e. The number of aryl methyl sites for hydroxylation is 2. The Morgan fingerprint density at radius 3 is 2.94 bits per heavy atom. The number of carbonyl (C=O) groups is 2. The maximum Gasteiger partial charge on any atom is 0.268 e. The molecule has 0 unspecified atom stereocenters. The predicted octanol–water partition coefficient (Wildman–Crippen LogP) is -0.229. The van der Waals surface area contributed by atoms with Crippen molar-refractivity contribution in [3.63, 3.8) is 0 Å². The number of hydrogen-bond donors (Lipinski definition) is 2. The Bertz CT molecular complexity index is 496. The second-order valence-corrected chi connectivity index (χ2v) is 5.11. The van der Waals surface area contributed by atoms with Crippen LogP contribution in [-0.2, 0) is 16.0 Å². The summed E-state index contributed by atoms with van der Waals surface area (Å²) in [5, 5.41) is 16.2. The van der Waals surface area contributed by atoms with Gasteiger partial charge in [0.05, 0.1) is 6.42 Å². The Morgan fingerprint density at radius 1 is 1.50 bits per heavy atom. The summed E-state index contributed by atoms with van der Waals surface area (Å²) in [5.41, 5.74) is 2.48. The molecule has 0 aliphatic carbocycles. The molecule has 2 N–H and O–H groups in total. The summed E-state index contributed by atoms with van der Waals surface area (Å²) in [4.78, 5) is 22.4. The van der Waals surface area contributed by atoms with E-state index in [9.17, 15) is 9.59 Å². The lowest BCUT2D eigenvalue weighted by molar-refractivity contribution is -0.120. The molecule has 0 aromatic carbocycles. The molecule has 7 nitrogen and oxygen atoms in total. The summed E-state index contributed by atoms with van der Waals surface area (Å²) < 4.78 is 0. The summed E-state index contributed by atoms with van der Waals surface area (Å²) in [7, 11) is 0. The molecule has 0 radical (unpaired) electrons. The number of aromatic nitrogens is 2. The molecule has 96 valence electrons. The van der Waals surface area contributed by atoms with Crippen molar-refractivity contribution in [3.8, 4) is 0 Å². The zero-order chi connectivity index (χ0) is 13.0. The summed E-state index contributed by atoms with van der Waals surface area (Å²) in [6.07, 6.45) is 1.63. The van der Waals surface area contributed by atoms with Crippen LogP contribution in [0.1, 0.15) is 22.9 Å². The van der Waals surface area contributed by atoms with Crippen molar-refractivity contribution in [1.29, 1.82) is 0 Å². The first-order chi connectivity index (χ1) is 8.65. The van der Waals surface area contributed by atoms with Crippen molar-refractivity contribution in [1.82, 2.24) is 20.9 Å². The van der Waals surface area contributed by atoms with Crippen molar-refractivity contribution < 1.29 is 9.59 Å². The third-order valence-corrected chi connectivity index (χ3v) is 3.22. The van der Waals surface area contributed by atoms with Crippen molar-refractivity contribution in [3.05, 3.63) is 10.0 Å². The Hall–Kier alpha value is -1.83. The SMILES string of the molecule is Cc1nnc(CCCNC(=O)C2=NNC(=O)C2)s1. The topological polar surface area (TPSA) is 96.3 Å². The highest BCUT2D eigenvalue weighted by atomic mass is 32.1. The maximum atomic E-state index is 11.5. The second-order valence-electron chi connectivity index (χ2n) is 3.84. The number of carbonyl (C=O) groups excluding carboxylic acids is 2. The van der Waals surface area contributed by atoms with Gasteiger partial charge in [0.25, 0.3) is 5.91 Å². The number of nitrogens with zero attached hydrogens (tertiary/aromatic N) is 3. The van der Waals surface area contributed by atoms with Crippen LogP contribution in [0, 0.1) is 6.92 Å². The van der Waals surface area contributed by atoms with Crippen molar-refractivity contribution in [2.75, 3.05) is 6.54 Å². The normalized spacial score (nSPS) is 14.3. The highest BCUT2D eigenvalue weighted by Gasteiger charge is 2.20. The number of hydrazone groups is 1. The summed E-state index contributed by atoms with van der Waals surface area (Å²) in [6.45, 7) is 2.44. The fraction of sp³-hybridized carbons (Fsp3) is 0.500. The molecule has 2 heterocycles. The van der Waals surface area contributed by atoms with Gasteiger partial charge in [-0.05, 0) is 13.3 Å². The number of amides is 2. The van der Waals surface area contributed by atoms with Gasteiger partial charge in [0, 0.05) is 13.0 Å². The first-order valence-corrected chi connectivity index (χ1v) is 6.39. The fourth-order valence-corrected chi connectivity index (χ4v) is 2.22. The first-order valence-electron chi connectivity index (χ1n) is 5.58. The monoisotopic (exact) mass is 267 g/mol. The molecule has 8 heteroatoms. The van der Waals surface area contributed by atoms with E-state index in [0.717, 1.165) is 22.9 Å². The van der Waals surface area contributed by atoms with E-state index in [2.05, 4.69) is 26.0 Å². The predicted molar refractivity (Wildman–Crippen MR) is 66.2 cm³/mol. The molecule has 1 aromatic heterocycles. The number of hydrogen-bond acceptors (Lipinski definition) is 6. The molecule has 0 spiro atoms. The Balaban J connectivity index is 1.66. The van der Waals surface area contributed by atoms with E-state index in [1.807, 2.05) is 6.92 Å². The second kappa shape index (κ2) is 5.67. The summed E-state index contributed by atoms with van der Waals surface area (Å²) in [6, 6.07) is 0. The third-order valence-electron chi connectivity index (χ3n) is 2.33. The van der Waals surface area contributed by atoms with E-state index in [-0.39, 0.29) is 23.9 Å². The van der Waals surface area contributed by atoms with Crippen molar-refractivity contribution in [2.24, 2.45) is 5.10 Å². The van der Waals surface area contributed by atoms with Crippen LogP contribution in [0.15, 0.2) is 5.10 Å². The van der Waals surface area contributed by atoms with Crippen LogP contribution in [0.5, 0.6) is 0 Å². The lowest BCUT2D eigenvalue weighted by Crippen LogP contribution is -2.31. The van der Waals surface area contributed by atoms with E-state index in [4.69, 9.17) is 0 Å². The van der Waals surface area contributed by atoms with E-state index < -0.39 is 0 Å². The lowest BCUT2D eigenvalue weighted by Gasteiger charge is -2.02. The molecule has 2 rings (SSSR count). The quantitative estimate of drug-likeness (QED) is 0.720. The van der Waals surface area contributed by atoms with Crippen LogP contribution in [-0.4, -0.2) is 34.3 Å². The molecule has 2 amide bonds. The molecule has 0 bridgehead atoms. The zero-order valence-electron chi connectivity index (χ0n) is 9.89. The molecule has 18 heavy (non-hydrogen) atoms. The van der Waals surface area contributed by atoms with Crippen LogP contribution in [0.2, 0.25) is 0 Å². The van der Waals surface area contributed by atoms with Gasteiger partial charge < -0.3 is 5.32 Å². The van der Waals surface area contributed by atoms with E-state index in [1.54, 1.807) is 11.3 Å². The van der Waals surface area contributed by atoms with Gasteiger partial charge in [-0.3, -0.25) is 9.59 Å². The van der Waals surface area contributed by atoms with Crippen molar-refractivity contribution >= 4 is 28.9 Å². The highest BCUT2D eigenvalue weighted by molar-refractivity contribution is 7.11. The van der Waals surface area contributed by atoms with Gasteiger partial charge in [-0.15, -0.1) is 21.5 Å². The number of rotatable bonds is 5. The zero-order valence-corrected chi connectivity index (χ0v) is 10.7. The van der Waals surface area contributed by atoms with Gasteiger partial charge in [-0.1, -0.05) is 0 Å². The molecule has 0 saturated carbocycles. The Kier molecular flexibility index (Phi) is 3.98. The third kappa shape index (κ3) is 3.33. The average Bonchev–Trinajstić information content (AvgIpc) is 2.93. The van der Waals surface area contributed by atoms with Crippen LogP contribution >= 0.6 is 11.3 Å². The van der Waals surface area contributed by atoms with Gasteiger partial charge in [-0.2, -0.15) is 5.10 Å². The molecule has 0 fully saturated rings. The Morgan fingerprint density at radius 2 is 2.33 bits per heavy atom. The molecular formula is C10H13N5O2S. The maximum absolute atomic E-state index is 11.5. The highest BCUT2D eigenvalue weighted by Crippen LogP contribution is 2.09. The van der Waals surface area contributed by atoms with Gasteiger partial charge in [-0.25, -0.2) is 5.43 Å². The van der Waals surface area contributed by atoms with E-state index in [0.29, 0.717) is 6.54 Å².